The topological polar surface area (TPSA) is 0 Å². The summed E-state index contributed by atoms with van der Waals surface area (Å²) >= 11 is 0. The van der Waals surface area contributed by atoms with Gasteiger partial charge in [-0.25, -0.2) is 11.6 Å². The van der Waals surface area contributed by atoms with E-state index in [4.69, 9.17) is 0 Å². The molecule has 1 rings (SSSR count). The fourth-order valence-electron chi connectivity index (χ4n) is 0.744. The Morgan fingerprint density at radius 3 is 2.00 bits per heavy atom. The van der Waals surface area contributed by atoms with Crippen LogP contribution in [-0.2, 0) is 21.7 Å². The molecule has 0 saturated carbocycles. The number of halogens is 2. The van der Waals surface area contributed by atoms with Gasteiger partial charge in [0, 0.05) is 21.7 Å². The van der Waals surface area contributed by atoms with Crippen LogP contribution in [0.2, 0.25) is 0 Å². The van der Waals surface area contributed by atoms with Crippen LogP contribution in [0.4, 0.5) is 0 Å². The quantitative estimate of drug-likeness (QED) is 0.429. The molecule has 0 saturated heterocycles. The molecule has 0 aromatic carbocycles. The third-order valence-electron chi connectivity index (χ3n) is 1.09. The van der Waals surface area contributed by atoms with Crippen LogP contribution in [0.15, 0.2) is 17.7 Å². The Morgan fingerprint density at radius 2 is 1.90 bits per heavy atom. The van der Waals surface area contributed by atoms with E-state index in [1.807, 2.05) is 0 Å². The summed E-state index contributed by atoms with van der Waals surface area (Å²) in [5.74, 6) is 0.556. The van der Waals surface area contributed by atoms with E-state index in [1.165, 1.54) is 5.57 Å². The van der Waals surface area contributed by atoms with Crippen molar-refractivity contribution in [3.05, 3.63) is 23.8 Å². The SMILES string of the molecule is CC1=[C-]C(C)C=C1.Cl.Cl.[Ti]. The van der Waals surface area contributed by atoms with Crippen molar-refractivity contribution in [3.8, 4) is 0 Å². The largest absolute Gasteiger partial charge is 0.267 e. The van der Waals surface area contributed by atoms with Crippen molar-refractivity contribution >= 4 is 24.8 Å². The van der Waals surface area contributed by atoms with Crippen LogP contribution in [0.1, 0.15) is 13.8 Å². The minimum atomic E-state index is 0. The molecule has 1 atom stereocenters. The molecule has 0 N–H and O–H groups in total. The standard InChI is InChI=1S/C7H9.2ClH.Ti/c1-6-3-4-7(2)5-6;;;/h3-4,6H,1-2H3;2*1H;/q-1;;;. The third-order valence-corrected chi connectivity index (χ3v) is 1.09. The third kappa shape index (κ3) is 5.55. The monoisotopic (exact) mass is 213 g/mol. The van der Waals surface area contributed by atoms with Crippen LogP contribution in [-0.4, -0.2) is 0 Å². The van der Waals surface area contributed by atoms with E-state index >= 15 is 0 Å². The Labute approximate surface area is 89.9 Å². The number of hydrogen-bond acceptors (Lipinski definition) is 0. The summed E-state index contributed by atoms with van der Waals surface area (Å²) in [7, 11) is 0. The average molecular weight is 214 g/mol. The van der Waals surface area contributed by atoms with Gasteiger partial charge in [-0.3, -0.25) is 6.08 Å². The molecule has 0 radical (unpaired) electrons. The summed E-state index contributed by atoms with van der Waals surface area (Å²) in [6.45, 7) is 4.20. The smallest absolute Gasteiger partial charge is 0 e. The molecule has 10 heavy (non-hydrogen) atoms. The van der Waals surface area contributed by atoms with Gasteiger partial charge in [0.1, 0.15) is 0 Å². The minimum Gasteiger partial charge on any atom is -0.267 e. The molecule has 0 spiro atoms. The Balaban J connectivity index is -0.000000163. The molecular weight excluding hydrogens is 203 g/mol. The van der Waals surface area contributed by atoms with E-state index in [0.29, 0.717) is 5.92 Å². The van der Waals surface area contributed by atoms with Gasteiger partial charge in [-0.05, 0) is 0 Å². The molecule has 0 nitrogen and oxygen atoms in total. The van der Waals surface area contributed by atoms with E-state index in [0.717, 1.165) is 0 Å². The Kier molecular flexibility index (Phi) is 13.4. The molecule has 0 aliphatic heterocycles. The second kappa shape index (κ2) is 7.88. The molecule has 0 aromatic heterocycles. The predicted molar refractivity (Wildman–Crippen MR) is 45.2 cm³/mol. The van der Waals surface area contributed by atoms with Gasteiger partial charge in [0.05, 0.1) is 0 Å². The van der Waals surface area contributed by atoms with Crippen LogP contribution in [0.5, 0.6) is 0 Å². The molecule has 0 bridgehead atoms. The van der Waals surface area contributed by atoms with Crippen LogP contribution in [0, 0.1) is 12.0 Å². The summed E-state index contributed by atoms with van der Waals surface area (Å²) in [6.07, 6.45) is 7.47. The second-order valence-corrected chi connectivity index (χ2v) is 1.98. The first kappa shape index (κ1) is 17.0. The van der Waals surface area contributed by atoms with Gasteiger partial charge >= 0.3 is 0 Å². The molecular formula is C7H11Cl2Ti-. The van der Waals surface area contributed by atoms with E-state index in [2.05, 4.69) is 32.1 Å². The summed E-state index contributed by atoms with van der Waals surface area (Å²) < 4.78 is 0. The van der Waals surface area contributed by atoms with Crippen LogP contribution in [0.25, 0.3) is 0 Å². The summed E-state index contributed by atoms with van der Waals surface area (Å²) in [5.41, 5.74) is 1.27. The zero-order chi connectivity index (χ0) is 5.28. The minimum absolute atomic E-state index is 0. The van der Waals surface area contributed by atoms with E-state index in [-0.39, 0.29) is 46.5 Å². The average Bonchev–Trinajstić information content (AvgIpc) is 1.87. The second-order valence-electron chi connectivity index (χ2n) is 1.98. The van der Waals surface area contributed by atoms with Crippen molar-refractivity contribution in [1.82, 2.24) is 0 Å². The van der Waals surface area contributed by atoms with Gasteiger partial charge in [0.15, 0.2) is 0 Å². The summed E-state index contributed by atoms with van der Waals surface area (Å²) in [4.78, 5) is 0. The van der Waals surface area contributed by atoms with Crippen molar-refractivity contribution in [2.75, 3.05) is 0 Å². The molecule has 0 aromatic rings. The maximum Gasteiger partial charge on any atom is 0 e. The normalized spacial score (nSPS) is 19.8. The molecule has 3 heteroatoms. The van der Waals surface area contributed by atoms with Gasteiger partial charge < -0.3 is 0 Å². The zero-order valence-corrected chi connectivity index (χ0v) is 9.24. The van der Waals surface area contributed by atoms with Gasteiger partial charge in [0.2, 0.25) is 0 Å². The Morgan fingerprint density at radius 1 is 1.40 bits per heavy atom. The maximum atomic E-state index is 3.22. The fraction of sp³-hybridized carbons (Fsp3) is 0.429. The van der Waals surface area contributed by atoms with E-state index in [9.17, 15) is 0 Å². The Bertz CT molecular complexity index is 130. The molecule has 0 fully saturated rings. The van der Waals surface area contributed by atoms with Gasteiger partial charge in [-0.2, -0.15) is 6.08 Å². The summed E-state index contributed by atoms with van der Waals surface area (Å²) in [6, 6.07) is 0. The first-order valence-electron chi connectivity index (χ1n) is 2.57. The number of hydrogen-bond donors (Lipinski definition) is 0. The number of rotatable bonds is 0. The Hall–Kier alpha value is 0.774. The van der Waals surface area contributed by atoms with Crippen molar-refractivity contribution in [1.29, 1.82) is 0 Å². The van der Waals surface area contributed by atoms with E-state index in [1.54, 1.807) is 0 Å². The molecule has 1 aliphatic rings. The van der Waals surface area contributed by atoms with Gasteiger partial charge in [0.25, 0.3) is 0 Å². The first-order chi connectivity index (χ1) is 3.29. The first-order valence-corrected chi connectivity index (χ1v) is 2.57. The fourth-order valence-corrected chi connectivity index (χ4v) is 0.744. The maximum absolute atomic E-state index is 3.22. The molecule has 58 valence electrons. The molecule has 0 amide bonds. The van der Waals surface area contributed by atoms with Crippen molar-refractivity contribution in [3.63, 3.8) is 0 Å². The van der Waals surface area contributed by atoms with Crippen molar-refractivity contribution < 1.29 is 21.7 Å². The van der Waals surface area contributed by atoms with Gasteiger partial charge in [-0.15, -0.1) is 24.8 Å². The van der Waals surface area contributed by atoms with Crippen LogP contribution >= 0.6 is 24.8 Å². The van der Waals surface area contributed by atoms with Crippen molar-refractivity contribution in [2.45, 2.75) is 13.8 Å². The number of allylic oxidation sites excluding steroid dienone is 4. The molecule has 1 aliphatic carbocycles. The van der Waals surface area contributed by atoms with Crippen LogP contribution in [0.3, 0.4) is 0 Å². The predicted octanol–water partition coefficient (Wildman–Crippen LogP) is 2.78. The zero-order valence-electron chi connectivity index (χ0n) is 6.05. The van der Waals surface area contributed by atoms with Crippen molar-refractivity contribution in [2.24, 2.45) is 5.92 Å². The molecule has 1 unspecified atom stereocenters. The van der Waals surface area contributed by atoms with Gasteiger partial charge in [-0.1, -0.05) is 19.8 Å². The summed E-state index contributed by atoms with van der Waals surface area (Å²) in [5, 5.41) is 0. The molecule has 0 heterocycles. The van der Waals surface area contributed by atoms with E-state index < -0.39 is 0 Å². The van der Waals surface area contributed by atoms with Crippen LogP contribution < -0.4 is 0 Å².